The number of anilines is 2. The van der Waals surface area contributed by atoms with Crippen LogP contribution < -0.4 is 10.2 Å². The maximum absolute atomic E-state index is 13.9. The molecule has 4 rings (SSSR count). The Morgan fingerprint density at radius 3 is 2.93 bits per heavy atom. The number of methoxy groups -OCH3 is 1. The summed E-state index contributed by atoms with van der Waals surface area (Å²) < 4.78 is 19.0. The van der Waals surface area contributed by atoms with Crippen molar-refractivity contribution in [1.82, 2.24) is 14.9 Å². The van der Waals surface area contributed by atoms with Crippen molar-refractivity contribution < 1.29 is 19.0 Å². The highest BCUT2D eigenvalue weighted by Crippen LogP contribution is 2.45. The van der Waals surface area contributed by atoms with Crippen molar-refractivity contribution in [2.45, 2.75) is 6.04 Å². The van der Waals surface area contributed by atoms with Gasteiger partial charge in [-0.25, -0.2) is 14.4 Å². The molecule has 3 atom stereocenters. The van der Waals surface area contributed by atoms with Crippen molar-refractivity contribution in [1.29, 1.82) is 0 Å². The van der Waals surface area contributed by atoms with Gasteiger partial charge in [-0.15, -0.1) is 0 Å². The maximum Gasteiger partial charge on any atom is 0.249 e. The number of benzene rings is 1. The summed E-state index contributed by atoms with van der Waals surface area (Å²) in [6.45, 7) is 2.52. The number of halogens is 1. The molecule has 9 heteroatoms. The molecule has 0 unspecified atom stereocenters. The van der Waals surface area contributed by atoms with E-state index in [0.29, 0.717) is 25.5 Å². The van der Waals surface area contributed by atoms with E-state index in [1.807, 2.05) is 17.0 Å². The van der Waals surface area contributed by atoms with Crippen LogP contribution in [0.2, 0.25) is 0 Å². The van der Waals surface area contributed by atoms with Crippen LogP contribution in [0.5, 0.6) is 0 Å². The van der Waals surface area contributed by atoms with E-state index >= 15 is 0 Å². The number of carbonyl (C=O) groups excluding carboxylic acids is 1. The Morgan fingerprint density at radius 2 is 2.17 bits per heavy atom. The summed E-state index contributed by atoms with van der Waals surface area (Å²) >= 11 is 0. The number of aliphatic hydroxyl groups excluding tert-OH is 1. The monoisotopic (exact) mass is 415 g/mol. The Balaban J connectivity index is 1.57. The molecule has 0 saturated carbocycles. The van der Waals surface area contributed by atoms with Gasteiger partial charge in [0.1, 0.15) is 30.4 Å². The Bertz CT molecular complexity index is 898. The van der Waals surface area contributed by atoms with Crippen LogP contribution in [0.4, 0.5) is 16.0 Å². The van der Waals surface area contributed by atoms with E-state index in [9.17, 15) is 9.18 Å². The number of likely N-dealkylation sites (tertiary alicyclic amines) is 1. The topological polar surface area (TPSA) is 90.8 Å². The number of hydrogen-bond acceptors (Lipinski definition) is 7. The molecule has 8 nitrogen and oxygen atoms in total. The molecule has 30 heavy (non-hydrogen) atoms. The molecule has 2 aliphatic heterocycles. The van der Waals surface area contributed by atoms with Gasteiger partial charge in [0.2, 0.25) is 5.91 Å². The minimum Gasteiger partial charge on any atom is -0.395 e. The first kappa shape index (κ1) is 20.5. The van der Waals surface area contributed by atoms with Crippen LogP contribution in [-0.4, -0.2) is 72.4 Å². The summed E-state index contributed by atoms with van der Waals surface area (Å²) in [5, 5.41) is 12.0. The minimum atomic E-state index is -0.305. The van der Waals surface area contributed by atoms with Gasteiger partial charge in [0, 0.05) is 51.2 Å². The van der Waals surface area contributed by atoms with Crippen LogP contribution in [0.15, 0.2) is 36.7 Å². The predicted octanol–water partition coefficient (Wildman–Crippen LogP) is 1.30. The van der Waals surface area contributed by atoms with Gasteiger partial charge in [-0.3, -0.25) is 4.79 Å². The number of aromatic nitrogens is 2. The molecule has 0 spiro atoms. The van der Waals surface area contributed by atoms with E-state index in [1.165, 1.54) is 25.6 Å². The standard InChI is InChI=1S/C21H26FN5O3/c1-30-12-20(29)27-10-15-9-26(19-8-18(23-5-6-28)24-13-25-19)11-17(15)21(27)14-3-2-4-16(22)7-14/h2-4,7-8,13,15,17,21,28H,5-6,9-12H2,1H3,(H,23,24,25)/t15-,17-,21+/m1/s1. The van der Waals surface area contributed by atoms with Crippen molar-refractivity contribution in [3.05, 3.63) is 48.0 Å². The number of fused-ring (bicyclic) bond motifs is 1. The van der Waals surface area contributed by atoms with Crippen LogP contribution in [0.1, 0.15) is 11.6 Å². The molecule has 1 amide bonds. The molecule has 2 N–H and O–H groups in total. The van der Waals surface area contributed by atoms with Crippen molar-refractivity contribution in [3.8, 4) is 0 Å². The second-order valence-corrected chi connectivity index (χ2v) is 7.72. The lowest BCUT2D eigenvalue weighted by Gasteiger charge is -2.30. The van der Waals surface area contributed by atoms with Crippen LogP contribution in [0.25, 0.3) is 0 Å². The number of rotatable bonds is 7. The van der Waals surface area contributed by atoms with Crippen molar-refractivity contribution >= 4 is 17.5 Å². The molecule has 2 aliphatic rings. The molecular weight excluding hydrogens is 389 g/mol. The van der Waals surface area contributed by atoms with Crippen LogP contribution >= 0.6 is 0 Å². The molecule has 0 aliphatic carbocycles. The summed E-state index contributed by atoms with van der Waals surface area (Å²) in [6, 6.07) is 8.17. The zero-order valence-electron chi connectivity index (χ0n) is 16.9. The molecule has 1 aromatic heterocycles. The summed E-state index contributed by atoms with van der Waals surface area (Å²) in [6.07, 6.45) is 1.50. The summed E-state index contributed by atoms with van der Waals surface area (Å²) in [5.74, 6) is 1.49. The third-order valence-corrected chi connectivity index (χ3v) is 5.84. The van der Waals surface area contributed by atoms with Gasteiger partial charge >= 0.3 is 0 Å². The smallest absolute Gasteiger partial charge is 0.249 e. The Morgan fingerprint density at radius 1 is 1.30 bits per heavy atom. The Hall–Kier alpha value is -2.78. The number of amides is 1. The minimum absolute atomic E-state index is 0.0146. The average Bonchev–Trinajstić information content (AvgIpc) is 3.31. The molecular formula is C21H26FN5O3. The molecule has 2 aromatic rings. The fourth-order valence-electron chi connectivity index (χ4n) is 4.61. The average molecular weight is 415 g/mol. The fraction of sp³-hybridized carbons (Fsp3) is 0.476. The van der Waals surface area contributed by atoms with Crippen molar-refractivity contribution in [2.75, 3.05) is 56.7 Å². The number of ether oxygens (including phenoxy) is 1. The largest absolute Gasteiger partial charge is 0.395 e. The SMILES string of the molecule is COCC(=O)N1C[C@H]2CN(c3cc(NCCO)ncn3)C[C@H]2[C@@H]1c1cccc(F)c1. The number of aliphatic hydroxyl groups is 1. The summed E-state index contributed by atoms with van der Waals surface area (Å²) in [4.78, 5) is 25.3. The van der Waals surface area contributed by atoms with E-state index in [0.717, 1.165) is 17.9 Å². The molecule has 0 radical (unpaired) electrons. The zero-order valence-corrected chi connectivity index (χ0v) is 16.9. The van der Waals surface area contributed by atoms with Crippen molar-refractivity contribution in [2.24, 2.45) is 11.8 Å². The van der Waals surface area contributed by atoms with Crippen molar-refractivity contribution in [3.63, 3.8) is 0 Å². The Labute approximate surface area is 174 Å². The lowest BCUT2D eigenvalue weighted by atomic mass is 9.89. The first-order valence-electron chi connectivity index (χ1n) is 10.1. The van der Waals surface area contributed by atoms with Gasteiger partial charge in [0.25, 0.3) is 0 Å². The second-order valence-electron chi connectivity index (χ2n) is 7.72. The van der Waals surface area contributed by atoms with Gasteiger partial charge in [0.05, 0.1) is 12.6 Å². The number of carbonyl (C=O) groups is 1. The zero-order chi connectivity index (χ0) is 21.1. The molecule has 1 aromatic carbocycles. The normalized spacial score (nSPS) is 23.0. The Kier molecular flexibility index (Phi) is 6.10. The van der Waals surface area contributed by atoms with Gasteiger partial charge in [-0.2, -0.15) is 0 Å². The van der Waals surface area contributed by atoms with Gasteiger partial charge in [-0.1, -0.05) is 12.1 Å². The maximum atomic E-state index is 13.9. The van der Waals surface area contributed by atoms with Crippen LogP contribution in [0, 0.1) is 17.7 Å². The van der Waals surface area contributed by atoms with E-state index in [1.54, 1.807) is 6.07 Å². The third kappa shape index (κ3) is 4.08. The van der Waals surface area contributed by atoms with Gasteiger partial charge in [0.15, 0.2) is 0 Å². The highest BCUT2D eigenvalue weighted by Gasteiger charge is 2.49. The lowest BCUT2D eigenvalue weighted by Crippen LogP contribution is -2.37. The number of nitrogens with zero attached hydrogens (tertiary/aromatic N) is 4. The van der Waals surface area contributed by atoms with Crippen LogP contribution in [0.3, 0.4) is 0 Å². The molecule has 0 bridgehead atoms. The van der Waals surface area contributed by atoms with Crippen LogP contribution in [-0.2, 0) is 9.53 Å². The first-order chi connectivity index (χ1) is 14.6. The predicted molar refractivity (Wildman–Crippen MR) is 110 cm³/mol. The van der Waals surface area contributed by atoms with E-state index in [4.69, 9.17) is 9.84 Å². The number of nitrogens with one attached hydrogen (secondary N) is 1. The number of hydrogen-bond donors (Lipinski definition) is 2. The highest BCUT2D eigenvalue weighted by atomic mass is 19.1. The second kappa shape index (κ2) is 8.93. The molecule has 2 fully saturated rings. The molecule has 3 heterocycles. The van der Waals surface area contributed by atoms with E-state index < -0.39 is 0 Å². The van der Waals surface area contributed by atoms with Gasteiger partial charge < -0.3 is 25.0 Å². The fourth-order valence-corrected chi connectivity index (χ4v) is 4.61. The third-order valence-electron chi connectivity index (χ3n) is 5.84. The van der Waals surface area contributed by atoms with E-state index in [2.05, 4.69) is 20.2 Å². The highest BCUT2D eigenvalue weighted by molar-refractivity contribution is 5.78. The summed E-state index contributed by atoms with van der Waals surface area (Å²) in [5.41, 5.74) is 0.807. The quantitative estimate of drug-likeness (QED) is 0.704. The van der Waals surface area contributed by atoms with E-state index in [-0.39, 0.29) is 42.8 Å². The molecule has 2 saturated heterocycles. The van der Waals surface area contributed by atoms with Gasteiger partial charge in [-0.05, 0) is 17.7 Å². The lowest BCUT2D eigenvalue weighted by molar-refractivity contribution is -0.136. The molecule has 160 valence electrons. The summed E-state index contributed by atoms with van der Waals surface area (Å²) in [7, 11) is 1.51. The first-order valence-corrected chi connectivity index (χ1v) is 10.1.